The van der Waals surface area contributed by atoms with E-state index in [4.69, 9.17) is 4.74 Å². The van der Waals surface area contributed by atoms with Crippen molar-refractivity contribution >= 4 is 0 Å². The third-order valence-corrected chi connectivity index (χ3v) is 6.31. The van der Waals surface area contributed by atoms with Crippen molar-refractivity contribution in [2.45, 2.75) is 51.1 Å². The van der Waals surface area contributed by atoms with Crippen molar-refractivity contribution < 1.29 is 9.84 Å². The average Bonchev–Trinajstić information content (AvgIpc) is 2.65. The molecule has 27 heavy (non-hydrogen) atoms. The van der Waals surface area contributed by atoms with E-state index in [1.54, 1.807) is 14.0 Å². The van der Waals surface area contributed by atoms with Crippen LogP contribution in [0.3, 0.4) is 0 Å². The average molecular weight is 369 g/mol. The molecule has 3 N–H and O–H groups in total. The summed E-state index contributed by atoms with van der Waals surface area (Å²) >= 11 is 0. The Morgan fingerprint density at radius 3 is 2.59 bits per heavy atom. The van der Waals surface area contributed by atoms with Gasteiger partial charge in [0.25, 0.3) is 5.56 Å². The molecule has 0 radical (unpaired) electrons. The first kappa shape index (κ1) is 18.0. The molecule has 144 valence electrons. The van der Waals surface area contributed by atoms with Crippen molar-refractivity contribution in [1.29, 1.82) is 0 Å². The van der Waals surface area contributed by atoms with Gasteiger partial charge in [-0.05, 0) is 49.3 Å². The summed E-state index contributed by atoms with van der Waals surface area (Å²) in [6.45, 7) is 1.99. The van der Waals surface area contributed by atoms with Gasteiger partial charge in [0, 0.05) is 18.5 Å². The molecule has 0 unspecified atom stereocenters. The highest BCUT2D eigenvalue weighted by atomic mass is 16.5. The number of aromatic amines is 1. The van der Waals surface area contributed by atoms with Gasteiger partial charge < -0.3 is 20.1 Å². The highest BCUT2D eigenvalue weighted by molar-refractivity contribution is 5.34. The van der Waals surface area contributed by atoms with E-state index in [0.717, 1.165) is 5.75 Å². The number of H-pyrrole nitrogens is 1. The van der Waals surface area contributed by atoms with Crippen LogP contribution >= 0.6 is 0 Å². The smallest absolute Gasteiger partial charge is 0.259 e. The molecular weight excluding hydrogens is 342 g/mol. The Balaban J connectivity index is 1.54. The minimum atomic E-state index is -0.270. The number of rotatable bonds is 5. The van der Waals surface area contributed by atoms with E-state index in [9.17, 15) is 9.90 Å². The van der Waals surface area contributed by atoms with Gasteiger partial charge in [-0.2, -0.15) is 0 Å². The number of methoxy groups -OCH3 is 1. The Kier molecular flexibility index (Phi) is 4.91. The topological polar surface area (TPSA) is 87.2 Å². The first-order chi connectivity index (χ1) is 13.1. The molecule has 0 amide bonds. The Labute approximate surface area is 159 Å². The number of benzene rings is 1. The zero-order chi connectivity index (χ0) is 19.0. The van der Waals surface area contributed by atoms with Crippen LogP contribution in [0.25, 0.3) is 0 Å². The monoisotopic (exact) mass is 369 g/mol. The number of nitrogens with zero attached hydrogens (tertiary/aromatic N) is 1. The summed E-state index contributed by atoms with van der Waals surface area (Å²) < 4.78 is 5.29. The zero-order valence-electron chi connectivity index (χ0n) is 15.9. The van der Waals surface area contributed by atoms with Gasteiger partial charge in [0.2, 0.25) is 5.88 Å². The SMILES string of the molecule is COc1ccc([C@H]2[C@H]3CCCC[C@@H]3[C@@H]2NCc2c(O)nc(C)[nH]c2=O)cc1. The third-order valence-electron chi connectivity index (χ3n) is 6.31. The second-order valence-corrected chi connectivity index (χ2v) is 7.77. The summed E-state index contributed by atoms with van der Waals surface area (Å²) in [4.78, 5) is 18.8. The molecule has 2 fully saturated rings. The molecule has 1 aromatic carbocycles. The predicted octanol–water partition coefficient (Wildman–Crippen LogP) is 2.85. The number of hydrogen-bond acceptors (Lipinski definition) is 5. The molecule has 1 heterocycles. The summed E-state index contributed by atoms with van der Waals surface area (Å²) in [6.07, 6.45) is 5.05. The summed E-state index contributed by atoms with van der Waals surface area (Å²) in [5.41, 5.74) is 1.36. The third kappa shape index (κ3) is 3.34. The number of hydrogen-bond donors (Lipinski definition) is 3. The number of aromatic hydroxyl groups is 1. The highest BCUT2D eigenvalue weighted by Crippen LogP contribution is 2.54. The van der Waals surface area contributed by atoms with Crippen LogP contribution in [0.4, 0.5) is 0 Å². The van der Waals surface area contributed by atoms with Crippen LogP contribution in [-0.2, 0) is 6.54 Å². The lowest BCUT2D eigenvalue weighted by molar-refractivity contribution is 0.0252. The van der Waals surface area contributed by atoms with Gasteiger partial charge in [0.15, 0.2) is 0 Å². The van der Waals surface area contributed by atoms with Crippen molar-refractivity contribution in [2.24, 2.45) is 11.8 Å². The minimum absolute atomic E-state index is 0.177. The summed E-state index contributed by atoms with van der Waals surface area (Å²) in [5.74, 6) is 2.86. The molecule has 2 aliphatic carbocycles. The molecule has 4 rings (SSSR count). The molecule has 0 saturated heterocycles. The fourth-order valence-corrected chi connectivity index (χ4v) is 5.00. The number of ether oxygens (including phenoxy) is 1. The molecule has 6 heteroatoms. The van der Waals surface area contributed by atoms with E-state index in [0.29, 0.717) is 41.7 Å². The zero-order valence-corrected chi connectivity index (χ0v) is 15.9. The first-order valence-corrected chi connectivity index (χ1v) is 9.74. The van der Waals surface area contributed by atoms with Gasteiger partial charge in [-0.25, -0.2) is 4.98 Å². The molecule has 0 aliphatic heterocycles. The lowest BCUT2D eigenvalue weighted by Crippen LogP contribution is -2.57. The Hall–Kier alpha value is -2.34. The maximum Gasteiger partial charge on any atom is 0.259 e. The predicted molar refractivity (Wildman–Crippen MR) is 103 cm³/mol. The quantitative estimate of drug-likeness (QED) is 0.754. The Bertz CT molecular complexity index is 862. The van der Waals surface area contributed by atoms with E-state index in [-0.39, 0.29) is 11.4 Å². The van der Waals surface area contributed by atoms with Crippen LogP contribution in [-0.4, -0.2) is 28.2 Å². The largest absolute Gasteiger partial charge is 0.497 e. The Morgan fingerprint density at radius 1 is 1.22 bits per heavy atom. The summed E-state index contributed by atoms with van der Waals surface area (Å²) in [5, 5.41) is 13.6. The van der Waals surface area contributed by atoms with Crippen molar-refractivity contribution in [3.05, 3.63) is 51.6 Å². The number of nitrogens with one attached hydrogen (secondary N) is 2. The van der Waals surface area contributed by atoms with Crippen LogP contribution in [0, 0.1) is 18.8 Å². The van der Waals surface area contributed by atoms with E-state index in [2.05, 4.69) is 27.4 Å². The van der Waals surface area contributed by atoms with Crippen LogP contribution in [0.2, 0.25) is 0 Å². The van der Waals surface area contributed by atoms with Gasteiger partial charge in [0.05, 0.1) is 12.7 Å². The number of aryl methyl sites for hydroxylation is 1. The molecule has 1 aromatic heterocycles. The first-order valence-electron chi connectivity index (χ1n) is 9.74. The second kappa shape index (κ2) is 7.35. The van der Waals surface area contributed by atoms with E-state index >= 15 is 0 Å². The fourth-order valence-electron chi connectivity index (χ4n) is 5.00. The second-order valence-electron chi connectivity index (χ2n) is 7.77. The van der Waals surface area contributed by atoms with E-state index in [1.165, 1.54) is 31.2 Å². The molecular formula is C21H27N3O3. The Morgan fingerprint density at radius 2 is 1.93 bits per heavy atom. The summed E-state index contributed by atoms with van der Waals surface area (Å²) in [6, 6.07) is 8.65. The minimum Gasteiger partial charge on any atom is -0.497 e. The van der Waals surface area contributed by atoms with Gasteiger partial charge in [0.1, 0.15) is 11.6 Å². The van der Waals surface area contributed by atoms with Crippen LogP contribution < -0.4 is 15.6 Å². The molecule has 2 aliphatic rings. The van der Waals surface area contributed by atoms with E-state index < -0.39 is 0 Å². The van der Waals surface area contributed by atoms with Gasteiger partial charge in [-0.1, -0.05) is 25.0 Å². The fraction of sp³-hybridized carbons (Fsp3) is 0.524. The standard InChI is InChI=1S/C21H27N3O3/c1-12-23-20(25)17(21(26)24-12)11-22-19-16-6-4-3-5-15(16)18(19)13-7-9-14(27-2)10-8-13/h7-10,15-16,18-19,22H,3-6,11H2,1-2H3,(H2,23,24,25,26)/t15-,16-,18-,19-/m0/s1. The maximum absolute atomic E-state index is 12.2. The van der Waals surface area contributed by atoms with Crippen LogP contribution in [0.1, 0.15) is 48.6 Å². The van der Waals surface area contributed by atoms with Gasteiger partial charge >= 0.3 is 0 Å². The lowest BCUT2D eigenvalue weighted by atomic mass is 9.53. The van der Waals surface area contributed by atoms with Gasteiger partial charge in [-0.15, -0.1) is 0 Å². The molecule has 2 saturated carbocycles. The van der Waals surface area contributed by atoms with E-state index in [1.807, 2.05) is 12.1 Å². The highest BCUT2D eigenvalue weighted by Gasteiger charge is 2.50. The molecule has 0 spiro atoms. The molecule has 0 bridgehead atoms. The molecule has 6 nitrogen and oxygen atoms in total. The summed E-state index contributed by atoms with van der Waals surface area (Å²) in [7, 11) is 1.68. The normalized spacial score (nSPS) is 26.9. The van der Waals surface area contributed by atoms with Crippen LogP contribution in [0.5, 0.6) is 11.6 Å². The molecule has 4 atom stereocenters. The number of fused-ring (bicyclic) bond motifs is 1. The lowest BCUT2D eigenvalue weighted by Gasteiger charge is -2.55. The maximum atomic E-state index is 12.2. The van der Waals surface area contributed by atoms with Crippen molar-refractivity contribution in [3.63, 3.8) is 0 Å². The number of aromatic nitrogens is 2. The molecule has 2 aromatic rings. The van der Waals surface area contributed by atoms with Gasteiger partial charge in [-0.3, -0.25) is 4.79 Å². The van der Waals surface area contributed by atoms with Crippen LogP contribution in [0.15, 0.2) is 29.1 Å². The van der Waals surface area contributed by atoms with Crippen molar-refractivity contribution in [3.8, 4) is 11.6 Å². The van der Waals surface area contributed by atoms with Crippen molar-refractivity contribution in [1.82, 2.24) is 15.3 Å². The van der Waals surface area contributed by atoms with Crippen molar-refractivity contribution in [2.75, 3.05) is 7.11 Å².